The number of pyridine rings is 1. The van der Waals surface area contributed by atoms with Gasteiger partial charge in [-0.25, -0.2) is 14.8 Å². The maximum atomic E-state index is 13.3. The molecule has 0 saturated carbocycles. The Kier molecular flexibility index (Phi) is 5.97. The van der Waals surface area contributed by atoms with Gasteiger partial charge in [-0.2, -0.15) is 0 Å². The van der Waals surface area contributed by atoms with E-state index in [2.05, 4.69) is 11.1 Å². The molecule has 4 aromatic heterocycles. The number of carbonyl (C=O) groups is 2. The monoisotopic (exact) mass is 562 g/mol. The van der Waals surface area contributed by atoms with E-state index in [9.17, 15) is 14.7 Å². The lowest BCUT2D eigenvalue weighted by Crippen LogP contribution is -2.43. The number of hydrogen-bond donors (Lipinski definition) is 1. The van der Waals surface area contributed by atoms with Crippen molar-refractivity contribution in [3.63, 3.8) is 0 Å². The molecule has 0 bridgehead atoms. The maximum absolute atomic E-state index is 13.3. The van der Waals surface area contributed by atoms with Gasteiger partial charge < -0.3 is 19.0 Å². The van der Waals surface area contributed by atoms with Crippen molar-refractivity contribution in [2.45, 2.75) is 26.8 Å². The molecule has 6 aromatic rings. The lowest BCUT2D eigenvalue weighted by Gasteiger charge is -2.31. The summed E-state index contributed by atoms with van der Waals surface area (Å²) in [4.78, 5) is 36.6. The fraction of sp³-hybridized carbons (Fsp3) is 0.188. The van der Waals surface area contributed by atoms with Crippen LogP contribution in [-0.4, -0.2) is 49.5 Å². The molecule has 1 amide bonds. The zero-order valence-electron chi connectivity index (χ0n) is 22.5. The topological polar surface area (TPSA) is 101 Å². The second-order valence-corrected chi connectivity index (χ2v) is 11.3. The Morgan fingerprint density at radius 3 is 2.46 bits per heavy atom. The number of amides is 1. The van der Waals surface area contributed by atoms with E-state index in [-0.39, 0.29) is 17.3 Å². The summed E-state index contributed by atoms with van der Waals surface area (Å²) in [6.07, 6.45) is 1.00. The lowest BCUT2D eigenvalue weighted by molar-refractivity contribution is -0.135. The fourth-order valence-corrected chi connectivity index (χ4v) is 6.60. The number of aryl methyl sites for hydroxylation is 2. The number of carboxylic acids is 1. The van der Waals surface area contributed by atoms with Crippen molar-refractivity contribution in [1.82, 2.24) is 19.4 Å². The van der Waals surface area contributed by atoms with E-state index in [0.717, 1.165) is 74.4 Å². The summed E-state index contributed by atoms with van der Waals surface area (Å²) in [6.45, 7) is 5.36. The fourth-order valence-electron chi connectivity index (χ4n) is 5.54. The van der Waals surface area contributed by atoms with Crippen molar-refractivity contribution in [1.29, 1.82) is 0 Å². The van der Waals surface area contributed by atoms with Crippen molar-refractivity contribution in [3.05, 3.63) is 83.2 Å². The first-order valence-corrected chi connectivity index (χ1v) is 14.3. The maximum Gasteiger partial charge on any atom is 0.345 e. The molecule has 8 nitrogen and oxygen atoms in total. The van der Waals surface area contributed by atoms with Gasteiger partial charge in [0.1, 0.15) is 17.1 Å². The first-order valence-electron chi connectivity index (χ1n) is 13.5. The number of rotatable bonds is 6. The number of hydrogen-bond acceptors (Lipinski definition) is 6. The van der Waals surface area contributed by atoms with E-state index in [1.54, 1.807) is 6.07 Å². The highest BCUT2D eigenvalue weighted by atomic mass is 32.1. The molecule has 0 unspecified atom stereocenters. The van der Waals surface area contributed by atoms with Crippen molar-refractivity contribution in [2.75, 3.05) is 13.1 Å². The predicted octanol–water partition coefficient (Wildman–Crippen LogP) is 6.79. The SMILES string of the molecule is Cc1nc(C)c(-c2ccc3cc(-c4c(-c5ccccc5)c5sc(C(=O)O)cc5n4CC(=O)N4CCC4)ccc3n2)o1. The number of aromatic nitrogens is 3. The normalized spacial score (nSPS) is 13.2. The van der Waals surface area contributed by atoms with Crippen molar-refractivity contribution >= 4 is 44.3 Å². The van der Waals surface area contributed by atoms with E-state index in [0.29, 0.717) is 11.7 Å². The van der Waals surface area contributed by atoms with E-state index >= 15 is 0 Å². The Morgan fingerprint density at radius 1 is 0.976 bits per heavy atom. The Bertz CT molecular complexity index is 1980. The third kappa shape index (κ3) is 4.29. The first kappa shape index (κ1) is 25.2. The van der Waals surface area contributed by atoms with Crippen LogP contribution in [0.1, 0.15) is 27.7 Å². The van der Waals surface area contributed by atoms with Crippen LogP contribution in [0.3, 0.4) is 0 Å². The van der Waals surface area contributed by atoms with Crippen molar-refractivity contribution in [2.24, 2.45) is 0 Å². The molecule has 41 heavy (non-hydrogen) atoms. The standard InChI is InChI=1S/C32H26N4O4S/c1-18-30(40-19(2)33-18)24-12-9-21-15-22(10-11-23(21)34-24)29-28(20-7-4-3-5-8-20)31-25(16-26(41-31)32(38)39)36(29)17-27(37)35-13-6-14-35/h3-5,7-12,15-16H,6,13-14,17H2,1-2H3,(H,38,39). The molecule has 1 saturated heterocycles. The number of oxazole rings is 1. The molecule has 0 spiro atoms. The summed E-state index contributed by atoms with van der Waals surface area (Å²) >= 11 is 1.24. The van der Waals surface area contributed by atoms with Crippen LogP contribution in [0, 0.1) is 13.8 Å². The first-order chi connectivity index (χ1) is 19.9. The number of carbonyl (C=O) groups excluding carboxylic acids is 1. The minimum Gasteiger partial charge on any atom is -0.477 e. The summed E-state index contributed by atoms with van der Waals surface area (Å²) in [5, 5.41) is 10.8. The van der Waals surface area contributed by atoms with Gasteiger partial charge >= 0.3 is 5.97 Å². The van der Waals surface area contributed by atoms with Gasteiger partial charge in [0.2, 0.25) is 5.91 Å². The molecule has 204 valence electrons. The van der Waals surface area contributed by atoms with E-state index < -0.39 is 5.97 Å². The van der Waals surface area contributed by atoms with Crippen LogP contribution in [0.2, 0.25) is 0 Å². The molecule has 1 fully saturated rings. The molecule has 1 aliphatic rings. The van der Waals surface area contributed by atoms with Gasteiger partial charge in [-0.1, -0.05) is 42.5 Å². The average Bonchev–Trinajstić information content (AvgIpc) is 3.60. The summed E-state index contributed by atoms with van der Waals surface area (Å²) in [5.74, 6) is 0.314. The summed E-state index contributed by atoms with van der Waals surface area (Å²) in [7, 11) is 0. The molecule has 7 rings (SSSR count). The molecule has 2 aromatic carbocycles. The molecule has 1 aliphatic heterocycles. The molecule has 9 heteroatoms. The number of carboxylic acid groups (broad SMARTS) is 1. The number of aromatic carboxylic acids is 1. The van der Waals surface area contributed by atoms with Crippen LogP contribution in [0.25, 0.3) is 55.0 Å². The summed E-state index contributed by atoms with van der Waals surface area (Å²) in [5.41, 5.74) is 6.77. The minimum atomic E-state index is -0.975. The highest BCUT2D eigenvalue weighted by molar-refractivity contribution is 7.21. The van der Waals surface area contributed by atoms with Gasteiger partial charge in [-0.05, 0) is 48.7 Å². The number of fused-ring (bicyclic) bond motifs is 2. The van der Waals surface area contributed by atoms with Gasteiger partial charge in [-0.3, -0.25) is 4.79 Å². The van der Waals surface area contributed by atoms with Gasteiger partial charge in [0.15, 0.2) is 11.7 Å². The highest BCUT2D eigenvalue weighted by Crippen LogP contribution is 2.45. The third-order valence-electron chi connectivity index (χ3n) is 7.61. The van der Waals surface area contributed by atoms with E-state index in [1.165, 1.54) is 11.3 Å². The highest BCUT2D eigenvalue weighted by Gasteiger charge is 2.28. The Hall–Kier alpha value is -4.76. The third-order valence-corrected chi connectivity index (χ3v) is 8.74. The lowest BCUT2D eigenvalue weighted by atomic mass is 9.99. The number of benzene rings is 2. The van der Waals surface area contributed by atoms with Crippen LogP contribution in [-0.2, 0) is 11.3 Å². The molecular weight excluding hydrogens is 536 g/mol. The van der Waals surface area contributed by atoms with Gasteiger partial charge in [0, 0.05) is 31.0 Å². The zero-order valence-corrected chi connectivity index (χ0v) is 23.4. The average molecular weight is 563 g/mol. The number of nitrogens with zero attached hydrogens (tertiary/aromatic N) is 4. The molecule has 0 aliphatic carbocycles. The Morgan fingerprint density at radius 2 is 1.78 bits per heavy atom. The van der Waals surface area contributed by atoms with Crippen LogP contribution in [0.4, 0.5) is 0 Å². The second kappa shape index (κ2) is 9.71. The molecule has 0 radical (unpaired) electrons. The minimum absolute atomic E-state index is 0.0295. The summed E-state index contributed by atoms with van der Waals surface area (Å²) in [6, 6.07) is 21.7. The van der Waals surface area contributed by atoms with Crippen molar-refractivity contribution < 1.29 is 19.1 Å². The van der Waals surface area contributed by atoms with Gasteiger partial charge in [-0.15, -0.1) is 11.3 Å². The smallest absolute Gasteiger partial charge is 0.345 e. The van der Waals surface area contributed by atoms with E-state index in [4.69, 9.17) is 9.40 Å². The number of likely N-dealkylation sites (tertiary alicyclic amines) is 1. The van der Waals surface area contributed by atoms with Crippen LogP contribution >= 0.6 is 11.3 Å². The van der Waals surface area contributed by atoms with Gasteiger partial charge in [0.25, 0.3) is 0 Å². The summed E-state index contributed by atoms with van der Waals surface area (Å²) < 4.78 is 8.63. The second-order valence-electron chi connectivity index (χ2n) is 10.3. The van der Waals surface area contributed by atoms with Gasteiger partial charge in [0.05, 0.1) is 27.1 Å². The molecule has 0 atom stereocenters. The Balaban J connectivity index is 1.44. The van der Waals surface area contributed by atoms with Crippen LogP contribution in [0.15, 0.2) is 71.1 Å². The number of thiophene rings is 1. The zero-order chi connectivity index (χ0) is 28.2. The van der Waals surface area contributed by atoms with E-state index in [1.807, 2.05) is 77.9 Å². The largest absolute Gasteiger partial charge is 0.477 e. The van der Waals surface area contributed by atoms with Crippen LogP contribution in [0.5, 0.6) is 0 Å². The van der Waals surface area contributed by atoms with Crippen molar-refractivity contribution in [3.8, 4) is 33.8 Å². The molecule has 5 heterocycles. The van der Waals surface area contributed by atoms with Crippen LogP contribution < -0.4 is 0 Å². The predicted molar refractivity (Wildman–Crippen MR) is 159 cm³/mol. The molecule has 1 N–H and O–H groups in total. The Labute approximate surface area is 239 Å². The quantitative estimate of drug-likeness (QED) is 0.240. The molecular formula is C32H26N4O4S.